The van der Waals surface area contributed by atoms with Gasteiger partial charge in [-0.3, -0.25) is 15.3 Å². The van der Waals surface area contributed by atoms with Crippen molar-refractivity contribution in [2.24, 2.45) is 5.73 Å². The number of aliphatic hydroxyl groups is 1. The Hall–Kier alpha value is -1.55. The summed E-state index contributed by atoms with van der Waals surface area (Å²) in [5.74, 6) is -0.368. The molecule has 1 rings (SSSR count). The zero-order valence-corrected chi connectivity index (χ0v) is 10.8. The lowest BCUT2D eigenvalue weighted by molar-refractivity contribution is -0.492. The predicted molar refractivity (Wildman–Crippen MR) is 66.8 cm³/mol. The lowest BCUT2D eigenvalue weighted by Gasteiger charge is -2.10. The number of carbonyl (C=O) groups excluding carboxylic acids is 1. The molecule has 112 valence electrons. The summed E-state index contributed by atoms with van der Waals surface area (Å²) in [5.41, 5.74) is 6.22. The number of hydrogen-bond acceptors (Lipinski definition) is 8. The molecule has 1 atom stereocenters. The van der Waals surface area contributed by atoms with Crippen LogP contribution in [0.1, 0.15) is 12.0 Å². The van der Waals surface area contributed by atoms with Gasteiger partial charge in [-0.1, -0.05) is 12.1 Å². The molecule has 20 heavy (non-hydrogen) atoms. The largest absolute Gasteiger partial charge is 0.425 e. The van der Waals surface area contributed by atoms with Crippen LogP contribution in [0.5, 0.6) is 5.75 Å². The van der Waals surface area contributed by atoms with Crippen molar-refractivity contribution < 1.29 is 29.9 Å². The van der Waals surface area contributed by atoms with Crippen LogP contribution in [-0.4, -0.2) is 46.1 Å². The van der Waals surface area contributed by atoms with Crippen LogP contribution in [0.2, 0.25) is 0 Å². The van der Waals surface area contributed by atoms with Crippen molar-refractivity contribution in [1.82, 2.24) is 5.39 Å². The molecule has 0 aliphatic carbocycles. The van der Waals surface area contributed by atoms with Gasteiger partial charge in [0.15, 0.2) is 0 Å². The first-order valence-corrected chi connectivity index (χ1v) is 6.01. The summed E-state index contributed by atoms with van der Waals surface area (Å²) in [4.78, 5) is 15.8. The summed E-state index contributed by atoms with van der Waals surface area (Å²) >= 11 is 0. The third kappa shape index (κ3) is 6.06. The van der Waals surface area contributed by atoms with Gasteiger partial charge in [0.1, 0.15) is 11.8 Å². The number of aliphatic hydroxyl groups excluding tert-OH is 1. The standard InChI is InChI=1S/C12H18N2O6/c13-11(8-15)12(16)20-10-5-1-3-9(7-10)4-2-6-19-14(17)18/h1,3,5,7,11,15,17-18H,2,4,6,8,13H2. The highest BCUT2D eigenvalue weighted by Gasteiger charge is 2.14. The van der Waals surface area contributed by atoms with Crippen LogP contribution in [0.4, 0.5) is 0 Å². The van der Waals surface area contributed by atoms with E-state index in [1.807, 2.05) is 6.07 Å². The fourth-order valence-corrected chi connectivity index (χ4v) is 1.45. The Morgan fingerprint density at radius 1 is 1.40 bits per heavy atom. The summed E-state index contributed by atoms with van der Waals surface area (Å²) in [6, 6.07) is 5.75. The van der Waals surface area contributed by atoms with Crippen LogP contribution < -0.4 is 10.5 Å². The highest BCUT2D eigenvalue weighted by Crippen LogP contribution is 2.15. The van der Waals surface area contributed by atoms with E-state index < -0.39 is 18.6 Å². The van der Waals surface area contributed by atoms with E-state index in [-0.39, 0.29) is 12.0 Å². The molecule has 0 fully saturated rings. The number of aryl methyl sites for hydroxylation is 1. The first kappa shape index (κ1) is 16.5. The van der Waals surface area contributed by atoms with E-state index >= 15 is 0 Å². The second kappa shape index (κ2) is 8.59. The van der Waals surface area contributed by atoms with Crippen LogP contribution >= 0.6 is 0 Å². The molecule has 0 heterocycles. The number of nitrogens with zero attached hydrogens (tertiary/aromatic N) is 1. The Bertz CT molecular complexity index is 426. The smallest absolute Gasteiger partial charge is 0.330 e. The normalized spacial score (nSPS) is 12.4. The summed E-state index contributed by atoms with van der Waals surface area (Å²) in [7, 11) is 0. The molecule has 1 aromatic rings. The van der Waals surface area contributed by atoms with Gasteiger partial charge in [0.05, 0.1) is 18.6 Å². The Morgan fingerprint density at radius 3 is 2.80 bits per heavy atom. The van der Waals surface area contributed by atoms with Crippen molar-refractivity contribution in [2.45, 2.75) is 18.9 Å². The van der Waals surface area contributed by atoms with Crippen LogP contribution in [0.15, 0.2) is 24.3 Å². The Morgan fingerprint density at radius 2 is 2.15 bits per heavy atom. The zero-order chi connectivity index (χ0) is 15.0. The minimum Gasteiger partial charge on any atom is -0.425 e. The van der Waals surface area contributed by atoms with Crippen LogP contribution in [0, 0.1) is 0 Å². The number of carbonyl (C=O) groups is 1. The summed E-state index contributed by atoms with van der Waals surface area (Å²) in [5, 5.41) is 25.1. The van der Waals surface area contributed by atoms with Crippen molar-refractivity contribution in [2.75, 3.05) is 13.2 Å². The number of benzene rings is 1. The maximum Gasteiger partial charge on any atom is 0.330 e. The lowest BCUT2D eigenvalue weighted by atomic mass is 10.1. The molecule has 0 aliphatic rings. The Balaban J connectivity index is 2.47. The van der Waals surface area contributed by atoms with Gasteiger partial charge in [-0.25, -0.2) is 4.79 Å². The molecule has 8 nitrogen and oxygen atoms in total. The molecule has 0 spiro atoms. The van der Waals surface area contributed by atoms with E-state index in [4.69, 9.17) is 26.0 Å². The fraction of sp³-hybridized carbons (Fsp3) is 0.417. The molecule has 0 aromatic heterocycles. The topological polar surface area (TPSA) is 125 Å². The molecular weight excluding hydrogens is 268 g/mol. The van der Waals surface area contributed by atoms with Crippen LogP contribution in [0.3, 0.4) is 0 Å². The van der Waals surface area contributed by atoms with Crippen molar-refractivity contribution in [3.63, 3.8) is 0 Å². The molecule has 0 saturated heterocycles. The van der Waals surface area contributed by atoms with E-state index in [2.05, 4.69) is 4.84 Å². The second-order valence-corrected chi connectivity index (χ2v) is 4.05. The quantitative estimate of drug-likeness (QED) is 0.225. The van der Waals surface area contributed by atoms with Gasteiger partial charge in [0.25, 0.3) is 0 Å². The maximum absolute atomic E-state index is 11.4. The zero-order valence-electron chi connectivity index (χ0n) is 10.8. The van der Waals surface area contributed by atoms with Crippen molar-refractivity contribution in [3.8, 4) is 5.75 Å². The average Bonchev–Trinajstić information content (AvgIpc) is 2.43. The summed E-state index contributed by atoms with van der Waals surface area (Å²) in [6.07, 6.45) is 1.15. The molecule has 0 radical (unpaired) electrons. The SMILES string of the molecule is NC(CO)C(=O)Oc1cccc(CCCON(O)O)c1. The van der Waals surface area contributed by atoms with E-state index in [1.54, 1.807) is 18.2 Å². The molecule has 0 amide bonds. The lowest BCUT2D eigenvalue weighted by Crippen LogP contribution is -2.37. The van der Waals surface area contributed by atoms with Gasteiger partial charge in [-0.15, -0.1) is 0 Å². The summed E-state index contributed by atoms with van der Waals surface area (Å²) < 4.78 is 5.01. The van der Waals surface area contributed by atoms with Gasteiger partial charge in [-0.2, -0.15) is 0 Å². The Kier molecular flexibility index (Phi) is 7.09. The highest BCUT2D eigenvalue weighted by molar-refractivity contribution is 5.78. The molecule has 8 heteroatoms. The van der Waals surface area contributed by atoms with Crippen molar-refractivity contribution >= 4 is 5.97 Å². The third-order valence-electron chi connectivity index (χ3n) is 2.43. The molecule has 0 bridgehead atoms. The fourth-order valence-electron chi connectivity index (χ4n) is 1.45. The van der Waals surface area contributed by atoms with Gasteiger partial charge in [0.2, 0.25) is 0 Å². The van der Waals surface area contributed by atoms with E-state index in [9.17, 15) is 4.79 Å². The predicted octanol–water partition coefficient (Wildman–Crippen LogP) is -0.144. The molecule has 1 unspecified atom stereocenters. The van der Waals surface area contributed by atoms with Gasteiger partial charge >= 0.3 is 5.97 Å². The average molecular weight is 286 g/mol. The first-order chi connectivity index (χ1) is 9.52. The highest BCUT2D eigenvalue weighted by atomic mass is 17.1. The maximum atomic E-state index is 11.4. The van der Waals surface area contributed by atoms with E-state index in [0.717, 1.165) is 5.56 Å². The molecule has 1 aromatic carbocycles. The summed E-state index contributed by atoms with van der Waals surface area (Å²) in [6.45, 7) is -0.346. The van der Waals surface area contributed by atoms with Gasteiger partial charge in [0, 0.05) is 0 Å². The number of nitrogens with two attached hydrogens (primary N) is 1. The first-order valence-electron chi connectivity index (χ1n) is 6.01. The van der Waals surface area contributed by atoms with E-state index in [1.165, 1.54) is 0 Å². The monoisotopic (exact) mass is 286 g/mol. The number of hydrogen-bond donors (Lipinski definition) is 4. The minimum atomic E-state index is -1.06. The van der Waals surface area contributed by atoms with Crippen LogP contribution in [0.25, 0.3) is 0 Å². The van der Waals surface area contributed by atoms with Crippen molar-refractivity contribution in [3.05, 3.63) is 29.8 Å². The molecule has 0 aliphatic heterocycles. The van der Waals surface area contributed by atoms with Crippen LogP contribution in [-0.2, 0) is 16.1 Å². The van der Waals surface area contributed by atoms with Crippen molar-refractivity contribution in [1.29, 1.82) is 0 Å². The van der Waals surface area contributed by atoms with E-state index in [0.29, 0.717) is 18.6 Å². The molecule has 5 N–H and O–H groups in total. The number of esters is 1. The molecule has 0 saturated carbocycles. The Labute approximate surface area is 115 Å². The minimum absolute atomic E-state index is 0.131. The van der Waals surface area contributed by atoms with Gasteiger partial charge < -0.3 is 15.6 Å². The number of rotatable bonds is 8. The number of ether oxygens (including phenoxy) is 1. The second-order valence-electron chi connectivity index (χ2n) is 4.05. The third-order valence-corrected chi connectivity index (χ3v) is 2.43. The van der Waals surface area contributed by atoms with Gasteiger partial charge in [-0.05, 0) is 30.5 Å². The molecular formula is C12H18N2O6.